The molecule has 0 bridgehead atoms. The van der Waals surface area contributed by atoms with Crippen molar-refractivity contribution in [1.29, 1.82) is 0 Å². The first-order valence-electron chi connectivity index (χ1n) is 5.51. The van der Waals surface area contributed by atoms with E-state index in [0.29, 0.717) is 18.3 Å². The van der Waals surface area contributed by atoms with Crippen LogP contribution in [0, 0.1) is 13.8 Å². The minimum atomic E-state index is 0.603. The Morgan fingerprint density at radius 3 is 2.65 bits per heavy atom. The zero-order valence-electron chi connectivity index (χ0n) is 10.6. The summed E-state index contributed by atoms with van der Waals surface area (Å²) in [5.74, 6) is 1.32. The number of nitrogens with zero attached hydrogens (tertiary/aromatic N) is 5. The van der Waals surface area contributed by atoms with Gasteiger partial charge in [-0.15, -0.1) is 0 Å². The molecule has 0 fully saturated rings. The molecule has 17 heavy (non-hydrogen) atoms. The maximum Gasteiger partial charge on any atom is 0.223 e. The maximum atomic E-state index is 4.94. The van der Waals surface area contributed by atoms with E-state index in [0.717, 1.165) is 12.2 Å². The second-order valence-electron chi connectivity index (χ2n) is 4.32. The number of rotatable bonds is 4. The Kier molecular flexibility index (Phi) is 3.23. The highest BCUT2D eigenvalue weighted by Gasteiger charge is 2.10. The molecule has 2 rings (SSSR count). The van der Waals surface area contributed by atoms with Crippen molar-refractivity contribution in [2.75, 3.05) is 7.05 Å². The van der Waals surface area contributed by atoms with Crippen molar-refractivity contribution in [3.8, 4) is 0 Å². The molecule has 0 N–H and O–H groups in total. The summed E-state index contributed by atoms with van der Waals surface area (Å²) in [5, 5.41) is 8.19. The van der Waals surface area contributed by atoms with E-state index in [-0.39, 0.29) is 0 Å². The number of hydrogen-bond acceptors (Lipinski definition) is 5. The van der Waals surface area contributed by atoms with Crippen LogP contribution in [0.3, 0.4) is 0 Å². The largest absolute Gasteiger partial charge is 0.340 e. The van der Waals surface area contributed by atoms with E-state index in [1.807, 2.05) is 31.9 Å². The smallest absolute Gasteiger partial charge is 0.223 e. The molecule has 0 saturated carbocycles. The van der Waals surface area contributed by atoms with Gasteiger partial charge >= 0.3 is 0 Å². The Labute approximate surface area is 100 Å². The minimum Gasteiger partial charge on any atom is -0.340 e. The Hall–Kier alpha value is -1.69. The first kappa shape index (κ1) is 11.8. The average Bonchev–Trinajstić information content (AvgIpc) is 2.74. The lowest BCUT2D eigenvalue weighted by Gasteiger charge is -2.13. The molecular formula is C11H17N5O. The molecule has 0 unspecified atom stereocenters. The second kappa shape index (κ2) is 4.67. The van der Waals surface area contributed by atoms with Gasteiger partial charge in [0.15, 0.2) is 5.82 Å². The molecule has 0 aliphatic carbocycles. The molecule has 0 radical (unpaired) electrons. The maximum absolute atomic E-state index is 4.94. The lowest BCUT2D eigenvalue weighted by molar-refractivity contribution is 0.300. The monoisotopic (exact) mass is 235 g/mol. The predicted molar refractivity (Wildman–Crippen MR) is 62.2 cm³/mol. The van der Waals surface area contributed by atoms with Gasteiger partial charge in [-0.2, -0.15) is 10.1 Å². The highest BCUT2D eigenvalue weighted by atomic mass is 16.5. The quantitative estimate of drug-likeness (QED) is 0.792. The van der Waals surface area contributed by atoms with Crippen LogP contribution in [-0.2, 0) is 20.1 Å². The predicted octanol–water partition coefficient (Wildman–Crippen LogP) is 1.05. The van der Waals surface area contributed by atoms with Crippen LogP contribution >= 0.6 is 0 Å². The van der Waals surface area contributed by atoms with Crippen molar-refractivity contribution >= 4 is 0 Å². The van der Waals surface area contributed by atoms with Gasteiger partial charge in [0.05, 0.1) is 12.2 Å². The molecule has 2 aromatic heterocycles. The second-order valence-corrected chi connectivity index (χ2v) is 4.32. The van der Waals surface area contributed by atoms with Crippen LogP contribution in [-0.4, -0.2) is 31.9 Å². The summed E-state index contributed by atoms with van der Waals surface area (Å²) in [6.45, 7) is 5.31. The molecule has 6 nitrogen and oxygen atoms in total. The van der Waals surface area contributed by atoms with Crippen molar-refractivity contribution in [1.82, 2.24) is 24.8 Å². The lowest BCUT2D eigenvalue weighted by atomic mass is 10.2. The van der Waals surface area contributed by atoms with E-state index in [9.17, 15) is 0 Å². The summed E-state index contributed by atoms with van der Waals surface area (Å²) in [4.78, 5) is 6.31. The van der Waals surface area contributed by atoms with Gasteiger partial charge in [-0.1, -0.05) is 5.16 Å². The van der Waals surface area contributed by atoms with Gasteiger partial charge < -0.3 is 4.52 Å². The number of hydrogen-bond donors (Lipinski definition) is 0. The molecule has 0 aliphatic rings. The van der Waals surface area contributed by atoms with Crippen LogP contribution in [0.1, 0.15) is 23.0 Å². The first-order chi connectivity index (χ1) is 8.04. The molecule has 2 aromatic rings. The highest BCUT2D eigenvalue weighted by Crippen LogP contribution is 2.09. The summed E-state index contributed by atoms with van der Waals surface area (Å²) < 4.78 is 6.77. The summed E-state index contributed by atoms with van der Waals surface area (Å²) in [7, 11) is 3.96. The zero-order chi connectivity index (χ0) is 12.4. The Balaban J connectivity index is 1.97. The van der Waals surface area contributed by atoms with Gasteiger partial charge in [0, 0.05) is 32.3 Å². The summed E-state index contributed by atoms with van der Waals surface area (Å²) >= 11 is 0. The molecule has 6 heteroatoms. The van der Waals surface area contributed by atoms with Crippen LogP contribution < -0.4 is 0 Å². The molecule has 0 atom stereocenters. The van der Waals surface area contributed by atoms with E-state index < -0.39 is 0 Å². The molecule has 0 amide bonds. The third-order valence-corrected chi connectivity index (χ3v) is 2.54. The molecule has 0 aromatic carbocycles. The molecular weight excluding hydrogens is 218 g/mol. The highest BCUT2D eigenvalue weighted by molar-refractivity contribution is 5.14. The molecule has 92 valence electrons. The zero-order valence-corrected chi connectivity index (χ0v) is 10.6. The Morgan fingerprint density at radius 1 is 1.35 bits per heavy atom. The van der Waals surface area contributed by atoms with Crippen molar-refractivity contribution in [3.05, 3.63) is 29.2 Å². The fourth-order valence-corrected chi connectivity index (χ4v) is 1.80. The van der Waals surface area contributed by atoms with Gasteiger partial charge in [-0.3, -0.25) is 9.58 Å². The molecule has 2 heterocycles. The van der Waals surface area contributed by atoms with E-state index in [4.69, 9.17) is 4.52 Å². The summed E-state index contributed by atoms with van der Waals surface area (Å²) in [6, 6.07) is 0. The van der Waals surface area contributed by atoms with Gasteiger partial charge in [-0.05, 0) is 14.0 Å². The van der Waals surface area contributed by atoms with Crippen LogP contribution in [0.4, 0.5) is 0 Å². The first-order valence-corrected chi connectivity index (χ1v) is 5.51. The van der Waals surface area contributed by atoms with Crippen LogP contribution in [0.2, 0.25) is 0 Å². The van der Waals surface area contributed by atoms with E-state index in [2.05, 4.69) is 20.1 Å². The number of aromatic nitrogens is 4. The lowest BCUT2D eigenvalue weighted by Crippen LogP contribution is -2.18. The van der Waals surface area contributed by atoms with Crippen molar-refractivity contribution in [3.63, 3.8) is 0 Å². The van der Waals surface area contributed by atoms with E-state index in [1.54, 1.807) is 6.92 Å². The molecule has 0 saturated heterocycles. The standard InChI is InChI=1S/C11H17N5O/c1-8-10(6-16(4)13-8)5-15(3)7-11-12-9(2)17-14-11/h6H,5,7H2,1-4H3. The normalized spacial score (nSPS) is 11.4. The van der Waals surface area contributed by atoms with Crippen molar-refractivity contribution in [2.24, 2.45) is 7.05 Å². The fraction of sp³-hybridized carbons (Fsp3) is 0.545. The van der Waals surface area contributed by atoms with Crippen LogP contribution in [0.15, 0.2) is 10.7 Å². The van der Waals surface area contributed by atoms with Gasteiger partial charge in [-0.25, -0.2) is 0 Å². The Bertz CT molecular complexity index is 502. The Morgan fingerprint density at radius 2 is 2.12 bits per heavy atom. The fourth-order valence-electron chi connectivity index (χ4n) is 1.80. The van der Waals surface area contributed by atoms with Gasteiger partial charge in [0.25, 0.3) is 0 Å². The van der Waals surface area contributed by atoms with Gasteiger partial charge in [0.2, 0.25) is 5.89 Å². The van der Waals surface area contributed by atoms with Crippen LogP contribution in [0.5, 0.6) is 0 Å². The third kappa shape index (κ3) is 2.91. The average molecular weight is 235 g/mol. The van der Waals surface area contributed by atoms with Crippen LogP contribution in [0.25, 0.3) is 0 Å². The summed E-state index contributed by atoms with van der Waals surface area (Å²) in [5.41, 5.74) is 2.28. The van der Waals surface area contributed by atoms with E-state index >= 15 is 0 Å². The number of aryl methyl sites for hydroxylation is 3. The van der Waals surface area contributed by atoms with Crippen molar-refractivity contribution in [2.45, 2.75) is 26.9 Å². The third-order valence-electron chi connectivity index (χ3n) is 2.54. The minimum absolute atomic E-state index is 0.603. The van der Waals surface area contributed by atoms with Crippen molar-refractivity contribution < 1.29 is 4.52 Å². The van der Waals surface area contributed by atoms with Gasteiger partial charge in [0.1, 0.15) is 0 Å². The topological polar surface area (TPSA) is 60.0 Å². The molecule has 0 spiro atoms. The molecule has 0 aliphatic heterocycles. The summed E-state index contributed by atoms with van der Waals surface area (Å²) in [6.07, 6.45) is 2.04. The SMILES string of the molecule is Cc1nc(CN(C)Cc2cn(C)nc2C)no1. The van der Waals surface area contributed by atoms with E-state index in [1.165, 1.54) is 5.56 Å².